The molecule has 0 saturated carbocycles. The van der Waals surface area contributed by atoms with Crippen molar-refractivity contribution in [2.24, 2.45) is 0 Å². The Hall–Kier alpha value is -1.00. The molecule has 2 nitrogen and oxygen atoms in total. The summed E-state index contributed by atoms with van der Waals surface area (Å²) in [6, 6.07) is 3.26. The highest BCUT2D eigenvalue weighted by atomic mass is 19.1. The van der Waals surface area contributed by atoms with Crippen LogP contribution >= 0.6 is 0 Å². The minimum Gasteiger partial charge on any atom is -0.393 e. The van der Waals surface area contributed by atoms with Crippen molar-refractivity contribution in [1.82, 2.24) is 0 Å². The SMILES string of the molecule is C[C@H]1O[C@@]1(CO)c1ccc(F)cc1F. The molecular formula is C10H10F2O2. The van der Waals surface area contributed by atoms with Gasteiger partial charge in [-0.15, -0.1) is 0 Å². The lowest BCUT2D eigenvalue weighted by Gasteiger charge is -2.10. The Morgan fingerprint density at radius 1 is 1.50 bits per heavy atom. The normalized spacial score (nSPS) is 30.4. The third kappa shape index (κ3) is 1.22. The zero-order chi connectivity index (χ0) is 10.3. The van der Waals surface area contributed by atoms with E-state index < -0.39 is 17.2 Å². The topological polar surface area (TPSA) is 32.8 Å². The summed E-state index contributed by atoms with van der Waals surface area (Å²) in [6.45, 7) is 1.44. The highest BCUT2D eigenvalue weighted by Gasteiger charge is 2.55. The molecule has 0 unspecified atom stereocenters. The van der Waals surface area contributed by atoms with Crippen LogP contribution in [-0.2, 0) is 10.3 Å². The number of hydrogen-bond acceptors (Lipinski definition) is 2. The number of benzene rings is 1. The summed E-state index contributed by atoms with van der Waals surface area (Å²) < 4.78 is 31.1. The smallest absolute Gasteiger partial charge is 0.145 e. The van der Waals surface area contributed by atoms with E-state index >= 15 is 0 Å². The van der Waals surface area contributed by atoms with E-state index in [4.69, 9.17) is 9.84 Å². The van der Waals surface area contributed by atoms with Crippen molar-refractivity contribution in [3.8, 4) is 0 Å². The average molecular weight is 200 g/mol. The van der Waals surface area contributed by atoms with Gasteiger partial charge in [-0.2, -0.15) is 0 Å². The Kier molecular flexibility index (Phi) is 2.05. The molecule has 76 valence electrons. The first-order valence-electron chi connectivity index (χ1n) is 4.34. The van der Waals surface area contributed by atoms with Crippen LogP contribution in [0.15, 0.2) is 18.2 Å². The van der Waals surface area contributed by atoms with Gasteiger partial charge in [0.05, 0.1) is 12.7 Å². The van der Waals surface area contributed by atoms with Crippen LogP contribution in [0, 0.1) is 11.6 Å². The van der Waals surface area contributed by atoms with Gasteiger partial charge in [0.15, 0.2) is 0 Å². The third-order valence-electron chi connectivity index (χ3n) is 2.61. The molecule has 1 aromatic rings. The van der Waals surface area contributed by atoms with Crippen molar-refractivity contribution >= 4 is 0 Å². The minimum absolute atomic E-state index is 0.217. The second-order valence-corrected chi connectivity index (χ2v) is 3.43. The summed E-state index contributed by atoms with van der Waals surface area (Å²) in [7, 11) is 0. The molecule has 1 N–H and O–H groups in total. The van der Waals surface area contributed by atoms with E-state index in [1.165, 1.54) is 6.07 Å². The maximum atomic E-state index is 13.3. The van der Waals surface area contributed by atoms with Gasteiger partial charge in [0.1, 0.15) is 17.2 Å². The van der Waals surface area contributed by atoms with Crippen molar-refractivity contribution in [3.63, 3.8) is 0 Å². The van der Waals surface area contributed by atoms with Gasteiger partial charge in [0, 0.05) is 11.6 Å². The molecule has 2 atom stereocenters. The lowest BCUT2D eigenvalue weighted by molar-refractivity contribution is 0.169. The number of rotatable bonds is 2. The number of halogens is 2. The van der Waals surface area contributed by atoms with Crippen molar-refractivity contribution in [1.29, 1.82) is 0 Å². The molecule has 0 amide bonds. The summed E-state index contributed by atoms with van der Waals surface area (Å²) in [4.78, 5) is 0. The van der Waals surface area contributed by atoms with E-state index in [9.17, 15) is 8.78 Å². The van der Waals surface area contributed by atoms with Gasteiger partial charge >= 0.3 is 0 Å². The van der Waals surface area contributed by atoms with Crippen LogP contribution in [0.1, 0.15) is 12.5 Å². The molecular weight excluding hydrogens is 190 g/mol. The summed E-state index contributed by atoms with van der Waals surface area (Å²) in [5.41, 5.74) is -0.744. The van der Waals surface area contributed by atoms with Crippen molar-refractivity contribution in [2.45, 2.75) is 18.6 Å². The van der Waals surface area contributed by atoms with E-state index in [1.54, 1.807) is 6.92 Å². The van der Waals surface area contributed by atoms with Gasteiger partial charge in [0.2, 0.25) is 0 Å². The molecule has 1 aromatic carbocycles. The highest BCUT2D eigenvalue weighted by molar-refractivity contribution is 5.31. The minimum atomic E-state index is -0.961. The first-order chi connectivity index (χ1) is 6.60. The predicted octanol–water partition coefficient (Wildman–Crippen LogP) is 1.57. The fourth-order valence-electron chi connectivity index (χ4n) is 1.65. The maximum Gasteiger partial charge on any atom is 0.145 e. The second-order valence-electron chi connectivity index (χ2n) is 3.43. The molecule has 14 heavy (non-hydrogen) atoms. The van der Waals surface area contributed by atoms with Crippen LogP contribution in [0.5, 0.6) is 0 Å². The van der Waals surface area contributed by atoms with Gasteiger partial charge in [0.25, 0.3) is 0 Å². The number of ether oxygens (including phenoxy) is 1. The molecule has 0 aliphatic carbocycles. The lowest BCUT2D eigenvalue weighted by atomic mass is 9.96. The summed E-state index contributed by atoms with van der Waals surface area (Å²) in [6.07, 6.45) is -0.229. The summed E-state index contributed by atoms with van der Waals surface area (Å²) in [5, 5.41) is 9.09. The van der Waals surface area contributed by atoms with Crippen LogP contribution in [-0.4, -0.2) is 17.8 Å². The van der Waals surface area contributed by atoms with E-state index in [0.717, 1.165) is 12.1 Å². The Labute approximate surface area is 80.1 Å². The lowest BCUT2D eigenvalue weighted by Crippen LogP contribution is -2.18. The van der Waals surface area contributed by atoms with Gasteiger partial charge in [-0.3, -0.25) is 0 Å². The summed E-state index contributed by atoms with van der Waals surface area (Å²) in [5.74, 6) is -1.31. The first-order valence-corrected chi connectivity index (χ1v) is 4.34. The number of hydrogen-bond donors (Lipinski definition) is 1. The Bertz CT molecular complexity index is 363. The summed E-state index contributed by atoms with van der Waals surface area (Å²) >= 11 is 0. The Balaban J connectivity index is 2.42. The molecule has 1 heterocycles. The fourth-order valence-corrected chi connectivity index (χ4v) is 1.65. The van der Waals surface area contributed by atoms with Crippen LogP contribution in [0.3, 0.4) is 0 Å². The van der Waals surface area contributed by atoms with Crippen molar-refractivity contribution < 1.29 is 18.6 Å². The third-order valence-corrected chi connectivity index (χ3v) is 2.61. The molecule has 4 heteroatoms. The molecule has 2 rings (SSSR count). The molecule has 0 radical (unpaired) electrons. The maximum absolute atomic E-state index is 13.3. The fraction of sp³-hybridized carbons (Fsp3) is 0.400. The van der Waals surface area contributed by atoms with Gasteiger partial charge in [-0.1, -0.05) is 6.07 Å². The monoisotopic (exact) mass is 200 g/mol. The zero-order valence-electron chi connectivity index (χ0n) is 7.63. The van der Waals surface area contributed by atoms with Crippen molar-refractivity contribution in [3.05, 3.63) is 35.4 Å². The number of aliphatic hydroxyl groups is 1. The second kappa shape index (κ2) is 3.00. The largest absolute Gasteiger partial charge is 0.393 e. The first kappa shape index (κ1) is 9.55. The van der Waals surface area contributed by atoms with E-state index in [0.29, 0.717) is 0 Å². The molecule has 0 bridgehead atoms. The van der Waals surface area contributed by atoms with Crippen LogP contribution in [0.25, 0.3) is 0 Å². The van der Waals surface area contributed by atoms with Gasteiger partial charge in [-0.25, -0.2) is 8.78 Å². The molecule has 1 aliphatic heterocycles. The zero-order valence-corrected chi connectivity index (χ0v) is 7.63. The predicted molar refractivity (Wildman–Crippen MR) is 45.7 cm³/mol. The van der Waals surface area contributed by atoms with Crippen molar-refractivity contribution in [2.75, 3.05) is 6.61 Å². The molecule has 0 spiro atoms. The van der Waals surface area contributed by atoms with Crippen LogP contribution < -0.4 is 0 Å². The molecule has 1 aliphatic rings. The van der Waals surface area contributed by atoms with Crippen LogP contribution in [0.2, 0.25) is 0 Å². The number of aliphatic hydroxyl groups excluding tert-OH is 1. The average Bonchev–Trinajstić information content (AvgIpc) is 2.78. The van der Waals surface area contributed by atoms with E-state index in [-0.39, 0.29) is 18.3 Å². The molecule has 0 aromatic heterocycles. The van der Waals surface area contributed by atoms with Gasteiger partial charge in [-0.05, 0) is 13.0 Å². The van der Waals surface area contributed by atoms with Crippen LogP contribution in [0.4, 0.5) is 8.78 Å². The molecule has 1 saturated heterocycles. The highest BCUT2D eigenvalue weighted by Crippen LogP contribution is 2.46. The quantitative estimate of drug-likeness (QED) is 0.735. The van der Waals surface area contributed by atoms with E-state index in [1.807, 2.05) is 0 Å². The van der Waals surface area contributed by atoms with Gasteiger partial charge < -0.3 is 9.84 Å². The standard InChI is InChI=1S/C10H10F2O2/c1-6-10(5-13,14-6)8-3-2-7(11)4-9(8)12/h2-4,6,13H,5H2,1H3/t6-,10-/m1/s1. The Morgan fingerprint density at radius 3 is 2.57 bits per heavy atom. The van der Waals surface area contributed by atoms with E-state index in [2.05, 4.69) is 0 Å². The molecule has 1 fully saturated rings. The number of epoxide rings is 1. The Morgan fingerprint density at radius 2 is 2.14 bits per heavy atom.